The number of fused-ring (bicyclic) bond motifs is 5. The van der Waals surface area contributed by atoms with Crippen LogP contribution in [-0.4, -0.2) is 47.9 Å². The number of benzene rings is 3. The van der Waals surface area contributed by atoms with E-state index in [2.05, 4.69) is 28.9 Å². The predicted octanol–water partition coefficient (Wildman–Crippen LogP) is 5.68. The molecule has 1 aromatic heterocycles. The molecule has 6 heteroatoms. The number of halogens is 1. The monoisotopic (exact) mass is 470 g/mol. The molecule has 5 nitrogen and oxygen atoms in total. The topological polar surface area (TPSA) is 54.8 Å². The van der Waals surface area contributed by atoms with Crippen LogP contribution in [0.1, 0.15) is 22.8 Å². The quantitative estimate of drug-likeness (QED) is 0.393. The van der Waals surface area contributed by atoms with Crippen molar-refractivity contribution in [1.29, 1.82) is 0 Å². The lowest BCUT2D eigenvalue weighted by molar-refractivity contribution is 0.0668. The maximum atomic E-state index is 12.6. The number of phenols is 1. The van der Waals surface area contributed by atoms with Crippen molar-refractivity contribution in [3.63, 3.8) is 0 Å². The molecular weight excluding hydrogens is 443 g/mol. The molecule has 1 atom stereocenters. The Hall–Kier alpha value is -3.64. The van der Waals surface area contributed by atoms with Gasteiger partial charge < -0.3 is 14.6 Å². The summed E-state index contributed by atoms with van der Waals surface area (Å²) >= 11 is 0. The highest BCUT2D eigenvalue weighted by Gasteiger charge is 2.31. The molecule has 1 N–H and O–H groups in total. The molecule has 0 aliphatic carbocycles. The van der Waals surface area contributed by atoms with Crippen LogP contribution in [0.25, 0.3) is 22.0 Å². The van der Waals surface area contributed by atoms with E-state index in [1.807, 2.05) is 42.6 Å². The summed E-state index contributed by atoms with van der Waals surface area (Å²) in [6.07, 6.45) is 1.56. The highest BCUT2D eigenvalue weighted by atomic mass is 19.1. The average molecular weight is 471 g/mol. The van der Waals surface area contributed by atoms with Crippen molar-refractivity contribution in [2.24, 2.45) is 5.92 Å². The number of aromatic hydroxyl groups is 1. The zero-order valence-corrected chi connectivity index (χ0v) is 19.6. The van der Waals surface area contributed by atoms with Crippen LogP contribution >= 0.6 is 0 Å². The number of alkyl halides is 1. The third-order valence-corrected chi connectivity index (χ3v) is 7.00. The Labute approximate surface area is 203 Å². The van der Waals surface area contributed by atoms with Crippen LogP contribution in [-0.2, 0) is 0 Å². The van der Waals surface area contributed by atoms with Crippen LogP contribution in [0.2, 0.25) is 0 Å². The fourth-order valence-corrected chi connectivity index (χ4v) is 5.12. The van der Waals surface area contributed by atoms with Crippen LogP contribution in [0, 0.1) is 12.8 Å². The Kier molecular flexibility index (Phi) is 5.53. The number of ether oxygens (including phenoxy) is 2. The average Bonchev–Trinajstić information content (AvgIpc) is 2.85. The van der Waals surface area contributed by atoms with Crippen LogP contribution in [0.3, 0.4) is 0 Å². The van der Waals surface area contributed by atoms with E-state index in [1.54, 1.807) is 12.1 Å². The normalized spacial score (nSPS) is 17.4. The van der Waals surface area contributed by atoms with E-state index in [9.17, 15) is 9.50 Å². The number of hydrogen-bond donors (Lipinski definition) is 1. The number of likely N-dealkylation sites (tertiary alicyclic amines) is 1. The first-order valence-corrected chi connectivity index (χ1v) is 12.0. The molecule has 3 heterocycles. The summed E-state index contributed by atoms with van der Waals surface area (Å²) in [6.45, 7) is 4.84. The van der Waals surface area contributed by atoms with Gasteiger partial charge in [-0.05, 0) is 42.3 Å². The first-order chi connectivity index (χ1) is 17.1. The molecule has 4 aromatic rings. The Morgan fingerprint density at radius 2 is 1.91 bits per heavy atom. The molecule has 35 heavy (non-hydrogen) atoms. The highest BCUT2D eigenvalue weighted by molar-refractivity contribution is 5.92. The van der Waals surface area contributed by atoms with Crippen LogP contribution in [0.5, 0.6) is 17.2 Å². The largest absolute Gasteiger partial charge is 0.508 e. The summed E-state index contributed by atoms with van der Waals surface area (Å²) in [5.41, 5.74) is 5.93. The molecule has 2 aliphatic heterocycles. The van der Waals surface area contributed by atoms with Crippen LogP contribution < -0.4 is 9.47 Å². The zero-order valence-electron chi connectivity index (χ0n) is 19.6. The Morgan fingerprint density at radius 1 is 1.09 bits per heavy atom. The van der Waals surface area contributed by atoms with E-state index in [4.69, 9.17) is 9.47 Å². The lowest BCUT2D eigenvalue weighted by atomic mass is 9.87. The van der Waals surface area contributed by atoms with Crippen molar-refractivity contribution in [2.75, 3.05) is 32.9 Å². The summed E-state index contributed by atoms with van der Waals surface area (Å²) in [5, 5.41) is 10.9. The lowest BCUT2D eigenvalue weighted by Gasteiger charge is -2.37. The van der Waals surface area contributed by atoms with Gasteiger partial charge >= 0.3 is 0 Å². The molecule has 1 saturated heterocycles. The number of para-hydroxylation sites is 1. The van der Waals surface area contributed by atoms with Gasteiger partial charge in [0.1, 0.15) is 23.9 Å². The van der Waals surface area contributed by atoms with Gasteiger partial charge in [-0.1, -0.05) is 30.3 Å². The smallest absolute Gasteiger partial charge is 0.150 e. The van der Waals surface area contributed by atoms with E-state index < -0.39 is 0 Å². The summed E-state index contributed by atoms with van der Waals surface area (Å²) < 4.78 is 25.2. The number of pyridine rings is 1. The van der Waals surface area contributed by atoms with Crippen LogP contribution in [0.4, 0.5) is 4.39 Å². The number of hydrogen-bond acceptors (Lipinski definition) is 5. The molecule has 0 bridgehead atoms. The van der Waals surface area contributed by atoms with Gasteiger partial charge in [-0.3, -0.25) is 14.3 Å². The van der Waals surface area contributed by atoms with Gasteiger partial charge in [-0.25, -0.2) is 0 Å². The molecule has 2 aliphatic rings. The highest BCUT2D eigenvalue weighted by Crippen LogP contribution is 2.48. The molecule has 0 radical (unpaired) electrons. The van der Waals surface area contributed by atoms with E-state index in [-0.39, 0.29) is 24.4 Å². The molecule has 3 aromatic carbocycles. The first-order valence-electron chi connectivity index (χ1n) is 12.0. The maximum absolute atomic E-state index is 12.6. The molecule has 178 valence electrons. The minimum atomic E-state index is -0.318. The SMILES string of the molecule is Cc1cccc2c1O[C@H](c1ccc(OCCN3CC(CF)C3)cc1)c1c-2cnc2cc(O)ccc12. The summed E-state index contributed by atoms with van der Waals surface area (Å²) in [7, 11) is 0. The zero-order chi connectivity index (χ0) is 23.9. The molecule has 0 spiro atoms. The summed E-state index contributed by atoms with van der Waals surface area (Å²) in [5.74, 6) is 2.05. The minimum Gasteiger partial charge on any atom is -0.508 e. The van der Waals surface area contributed by atoms with Gasteiger partial charge in [0.2, 0.25) is 0 Å². The van der Waals surface area contributed by atoms with Crippen molar-refractivity contribution in [3.8, 4) is 28.4 Å². The molecule has 6 rings (SSSR count). The first kappa shape index (κ1) is 21.9. The van der Waals surface area contributed by atoms with Crippen molar-refractivity contribution in [2.45, 2.75) is 13.0 Å². The fraction of sp³-hybridized carbons (Fsp3) is 0.276. The minimum absolute atomic E-state index is 0.189. The van der Waals surface area contributed by atoms with E-state index >= 15 is 0 Å². The standard InChI is InChI=1S/C29H27FN2O3/c1-18-3-2-4-23-25-15-31-26-13-21(33)7-10-24(26)27(25)29(35-28(18)23)20-5-8-22(9-6-20)34-12-11-32-16-19(14-30)17-32/h2-10,13,15,19,29,33H,11-12,14,16-17H2,1H3/t29-/m1/s1. The molecular formula is C29H27FN2O3. The Morgan fingerprint density at radius 3 is 2.71 bits per heavy atom. The van der Waals surface area contributed by atoms with Crippen molar-refractivity contribution >= 4 is 10.9 Å². The van der Waals surface area contributed by atoms with Crippen molar-refractivity contribution in [1.82, 2.24) is 9.88 Å². The number of phenolic OH excluding ortho intramolecular Hbond substituents is 1. The van der Waals surface area contributed by atoms with Gasteiger partial charge in [0.05, 0.1) is 12.2 Å². The van der Waals surface area contributed by atoms with Crippen molar-refractivity contribution in [3.05, 3.63) is 83.6 Å². The lowest BCUT2D eigenvalue weighted by Crippen LogP contribution is -2.49. The van der Waals surface area contributed by atoms with Gasteiger partial charge in [0, 0.05) is 59.9 Å². The van der Waals surface area contributed by atoms with Gasteiger partial charge in [-0.15, -0.1) is 0 Å². The Bertz CT molecular complexity index is 1380. The number of nitrogens with zero attached hydrogens (tertiary/aromatic N) is 2. The van der Waals surface area contributed by atoms with Crippen molar-refractivity contribution < 1.29 is 19.0 Å². The van der Waals surface area contributed by atoms with Crippen LogP contribution in [0.15, 0.2) is 66.9 Å². The summed E-state index contributed by atoms with van der Waals surface area (Å²) in [6, 6.07) is 19.5. The third kappa shape index (κ3) is 3.98. The van der Waals surface area contributed by atoms with E-state index in [1.165, 1.54) is 0 Å². The second kappa shape index (κ2) is 8.86. The fourth-order valence-electron chi connectivity index (χ4n) is 5.12. The number of aromatic nitrogens is 1. The van der Waals surface area contributed by atoms with Gasteiger partial charge in [0.25, 0.3) is 0 Å². The molecule has 0 amide bonds. The van der Waals surface area contributed by atoms with E-state index in [0.717, 1.165) is 69.9 Å². The Balaban J connectivity index is 1.30. The molecule has 0 saturated carbocycles. The van der Waals surface area contributed by atoms with E-state index in [0.29, 0.717) is 6.61 Å². The predicted molar refractivity (Wildman–Crippen MR) is 134 cm³/mol. The molecule has 0 unspecified atom stereocenters. The second-order valence-corrected chi connectivity index (χ2v) is 9.43. The second-order valence-electron chi connectivity index (χ2n) is 9.43. The third-order valence-electron chi connectivity index (χ3n) is 7.00. The summed E-state index contributed by atoms with van der Waals surface area (Å²) in [4.78, 5) is 6.85. The number of aryl methyl sites for hydroxylation is 1. The number of rotatable bonds is 6. The maximum Gasteiger partial charge on any atom is 0.150 e. The van der Waals surface area contributed by atoms with Gasteiger partial charge in [-0.2, -0.15) is 0 Å². The van der Waals surface area contributed by atoms with Gasteiger partial charge in [0.15, 0.2) is 6.10 Å². The molecule has 1 fully saturated rings.